The maximum absolute atomic E-state index is 5.94. The van der Waals surface area contributed by atoms with Crippen molar-refractivity contribution in [3.8, 4) is 11.3 Å². The van der Waals surface area contributed by atoms with Crippen molar-refractivity contribution in [2.75, 3.05) is 19.0 Å². The summed E-state index contributed by atoms with van der Waals surface area (Å²) in [7, 11) is 3.99. The van der Waals surface area contributed by atoms with Crippen molar-refractivity contribution < 1.29 is 4.42 Å². The minimum absolute atomic E-state index is 0.678. The van der Waals surface area contributed by atoms with Gasteiger partial charge in [-0.05, 0) is 63.6 Å². The van der Waals surface area contributed by atoms with Gasteiger partial charge in [0, 0.05) is 43.2 Å². The lowest BCUT2D eigenvalue weighted by molar-refractivity contribution is 0.285. The van der Waals surface area contributed by atoms with E-state index in [1.807, 2.05) is 56.3 Å². The van der Waals surface area contributed by atoms with Crippen LogP contribution < -0.4 is 10.2 Å². The number of nitrogens with one attached hydrogen (secondary N) is 1. The SMILES string of the molecule is CCC1CCC(NCc2cc(-c3ccccc3)oc2C)CC1.Cc1nc(N(C)C)c2ccccc2n1. The van der Waals surface area contributed by atoms with Crippen molar-refractivity contribution in [3.63, 3.8) is 0 Å². The third-order valence-electron chi connectivity index (χ3n) is 7.20. The monoisotopic (exact) mass is 484 g/mol. The van der Waals surface area contributed by atoms with E-state index in [1.54, 1.807) is 0 Å². The molecule has 2 aromatic carbocycles. The molecule has 2 heterocycles. The standard InChI is InChI=1S/C20H27NO.C11H13N3/c1-3-16-9-11-19(12-10-16)21-14-18-13-20(22-15(18)2)17-7-5-4-6-8-17;1-8-12-10-7-5-4-6-9(10)11(13-8)14(2)3/h4-8,13,16,19,21H,3,9-12,14H2,1-2H3;4-7H,1-3H3. The zero-order valence-electron chi connectivity index (χ0n) is 22.4. The fourth-order valence-corrected chi connectivity index (χ4v) is 4.98. The largest absolute Gasteiger partial charge is 0.461 e. The van der Waals surface area contributed by atoms with Gasteiger partial charge in [-0.15, -0.1) is 0 Å². The van der Waals surface area contributed by atoms with Crippen LogP contribution in [0.2, 0.25) is 0 Å². The smallest absolute Gasteiger partial charge is 0.139 e. The molecule has 0 amide bonds. The highest BCUT2D eigenvalue weighted by Crippen LogP contribution is 2.28. The van der Waals surface area contributed by atoms with Gasteiger partial charge in [-0.3, -0.25) is 0 Å². The molecule has 1 N–H and O–H groups in total. The van der Waals surface area contributed by atoms with Gasteiger partial charge in [-0.1, -0.05) is 55.8 Å². The van der Waals surface area contributed by atoms with Gasteiger partial charge in [-0.2, -0.15) is 0 Å². The van der Waals surface area contributed by atoms with Crippen LogP contribution in [0.15, 0.2) is 65.1 Å². The lowest BCUT2D eigenvalue weighted by atomic mass is 9.84. The molecule has 0 bridgehead atoms. The van der Waals surface area contributed by atoms with Gasteiger partial charge in [0.1, 0.15) is 23.2 Å². The van der Waals surface area contributed by atoms with Gasteiger partial charge >= 0.3 is 0 Å². The quantitative estimate of drug-likeness (QED) is 0.311. The van der Waals surface area contributed by atoms with Crippen LogP contribution in [0.25, 0.3) is 22.2 Å². The Morgan fingerprint density at radius 3 is 2.31 bits per heavy atom. The highest BCUT2D eigenvalue weighted by Gasteiger charge is 2.20. The lowest BCUT2D eigenvalue weighted by Gasteiger charge is -2.28. The molecule has 36 heavy (non-hydrogen) atoms. The Balaban J connectivity index is 0.000000187. The van der Waals surface area contributed by atoms with E-state index >= 15 is 0 Å². The van der Waals surface area contributed by atoms with E-state index in [2.05, 4.69) is 59.5 Å². The summed E-state index contributed by atoms with van der Waals surface area (Å²) in [5, 5.41) is 4.83. The second-order valence-electron chi connectivity index (χ2n) is 10.1. The maximum Gasteiger partial charge on any atom is 0.139 e. The number of hydrogen-bond donors (Lipinski definition) is 1. The molecule has 5 rings (SSSR count). The highest BCUT2D eigenvalue weighted by atomic mass is 16.3. The summed E-state index contributed by atoms with van der Waals surface area (Å²) < 4.78 is 5.94. The summed E-state index contributed by atoms with van der Waals surface area (Å²) in [4.78, 5) is 10.8. The van der Waals surface area contributed by atoms with Gasteiger partial charge in [-0.25, -0.2) is 9.97 Å². The summed E-state index contributed by atoms with van der Waals surface area (Å²) in [5.74, 6) is 4.76. The topological polar surface area (TPSA) is 54.2 Å². The molecule has 4 aromatic rings. The first kappa shape index (κ1) is 25.9. The number of hydrogen-bond acceptors (Lipinski definition) is 5. The number of furan rings is 1. The predicted octanol–water partition coefficient (Wildman–Crippen LogP) is 7.32. The lowest BCUT2D eigenvalue weighted by Crippen LogP contribution is -2.32. The van der Waals surface area contributed by atoms with E-state index < -0.39 is 0 Å². The third kappa shape index (κ3) is 6.52. The van der Waals surface area contributed by atoms with Gasteiger partial charge < -0.3 is 14.6 Å². The summed E-state index contributed by atoms with van der Waals surface area (Å²) >= 11 is 0. The van der Waals surface area contributed by atoms with Crippen LogP contribution in [-0.4, -0.2) is 30.1 Å². The molecule has 190 valence electrons. The third-order valence-corrected chi connectivity index (χ3v) is 7.20. The summed E-state index contributed by atoms with van der Waals surface area (Å²) in [6.45, 7) is 7.22. The minimum atomic E-state index is 0.678. The van der Waals surface area contributed by atoms with Crippen molar-refractivity contribution in [2.45, 2.75) is 65.5 Å². The Labute approximate surface area is 216 Å². The van der Waals surface area contributed by atoms with Gasteiger partial charge in [0.15, 0.2) is 0 Å². The molecule has 0 aliphatic heterocycles. The number of benzene rings is 2. The van der Waals surface area contributed by atoms with Gasteiger partial charge in [0.25, 0.3) is 0 Å². The minimum Gasteiger partial charge on any atom is -0.461 e. The fourth-order valence-electron chi connectivity index (χ4n) is 4.98. The number of aryl methyl sites for hydroxylation is 2. The van der Waals surface area contributed by atoms with E-state index in [-0.39, 0.29) is 0 Å². The first-order valence-electron chi connectivity index (χ1n) is 13.2. The molecule has 0 spiro atoms. The van der Waals surface area contributed by atoms with Crippen molar-refractivity contribution in [2.24, 2.45) is 5.92 Å². The Morgan fingerprint density at radius 2 is 1.61 bits per heavy atom. The number of anilines is 1. The Bertz CT molecular complexity index is 1240. The fraction of sp³-hybridized carbons (Fsp3) is 0.419. The Morgan fingerprint density at radius 1 is 0.917 bits per heavy atom. The zero-order valence-corrected chi connectivity index (χ0v) is 22.4. The average Bonchev–Trinajstić information content (AvgIpc) is 3.28. The molecule has 1 aliphatic rings. The van der Waals surface area contributed by atoms with Crippen LogP contribution in [-0.2, 0) is 6.54 Å². The summed E-state index contributed by atoms with van der Waals surface area (Å²) in [6, 6.07) is 21.3. The second-order valence-corrected chi connectivity index (χ2v) is 10.1. The van der Waals surface area contributed by atoms with Gasteiger partial charge in [0.05, 0.1) is 5.52 Å². The van der Waals surface area contributed by atoms with E-state index in [0.717, 1.165) is 52.1 Å². The molecule has 1 saturated carbocycles. The van der Waals surface area contributed by atoms with Crippen molar-refractivity contribution >= 4 is 16.7 Å². The molecule has 0 radical (unpaired) electrons. The molecule has 0 unspecified atom stereocenters. The average molecular weight is 485 g/mol. The first-order valence-corrected chi connectivity index (χ1v) is 13.2. The number of aromatic nitrogens is 2. The summed E-state index contributed by atoms with van der Waals surface area (Å²) in [5.41, 5.74) is 3.44. The van der Waals surface area contributed by atoms with Gasteiger partial charge in [0.2, 0.25) is 0 Å². The molecule has 5 nitrogen and oxygen atoms in total. The second kappa shape index (κ2) is 12.2. The normalized spacial score (nSPS) is 17.5. The number of fused-ring (bicyclic) bond motifs is 1. The molecule has 0 atom stereocenters. The molecule has 0 saturated heterocycles. The predicted molar refractivity (Wildman–Crippen MR) is 150 cm³/mol. The highest BCUT2D eigenvalue weighted by molar-refractivity contribution is 5.89. The van der Waals surface area contributed by atoms with Crippen LogP contribution in [0.1, 0.15) is 56.2 Å². The van der Waals surface area contributed by atoms with E-state index in [4.69, 9.17) is 4.42 Å². The van der Waals surface area contributed by atoms with Crippen LogP contribution in [0.4, 0.5) is 5.82 Å². The van der Waals surface area contributed by atoms with Crippen molar-refractivity contribution in [1.29, 1.82) is 0 Å². The number of para-hydroxylation sites is 1. The number of nitrogens with zero attached hydrogens (tertiary/aromatic N) is 3. The molecule has 1 fully saturated rings. The summed E-state index contributed by atoms with van der Waals surface area (Å²) in [6.07, 6.45) is 6.75. The van der Waals surface area contributed by atoms with Crippen LogP contribution in [0.5, 0.6) is 0 Å². The number of rotatable bonds is 6. The Kier molecular flexibility index (Phi) is 8.76. The zero-order chi connectivity index (χ0) is 25.5. The molecular weight excluding hydrogens is 444 g/mol. The maximum atomic E-state index is 5.94. The van der Waals surface area contributed by atoms with Crippen LogP contribution in [0, 0.1) is 19.8 Å². The molecule has 2 aromatic heterocycles. The van der Waals surface area contributed by atoms with Crippen molar-refractivity contribution in [3.05, 3.63) is 77.8 Å². The van der Waals surface area contributed by atoms with Crippen LogP contribution in [0.3, 0.4) is 0 Å². The first-order chi connectivity index (χ1) is 17.4. The molecule has 1 aliphatic carbocycles. The van der Waals surface area contributed by atoms with E-state index in [9.17, 15) is 0 Å². The Hall–Kier alpha value is -3.18. The van der Waals surface area contributed by atoms with E-state index in [1.165, 1.54) is 37.7 Å². The van der Waals surface area contributed by atoms with Crippen LogP contribution >= 0.6 is 0 Å². The van der Waals surface area contributed by atoms with Crippen molar-refractivity contribution in [1.82, 2.24) is 15.3 Å². The molecule has 5 heteroatoms. The van der Waals surface area contributed by atoms with E-state index in [0.29, 0.717) is 6.04 Å². The molecular formula is C31H40N4O.